The van der Waals surface area contributed by atoms with Crippen LogP contribution in [0.25, 0.3) is 0 Å². The second-order valence-corrected chi connectivity index (χ2v) is 3.69. The summed E-state index contributed by atoms with van der Waals surface area (Å²) in [4.78, 5) is 15.5. The lowest BCUT2D eigenvalue weighted by molar-refractivity contribution is -0.137. The van der Waals surface area contributed by atoms with Gasteiger partial charge < -0.3 is 5.32 Å². The Hall–Kier alpha value is -2.38. The van der Waals surface area contributed by atoms with Crippen LogP contribution in [0.15, 0.2) is 30.6 Å². The largest absolute Gasteiger partial charge is 0.416 e. The van der Waals surface area contributed by atoms with Crippen molar-refractivity contribution >= 4 is 5.91 Å². The molecule has 0 saturated heterocycles. The molecule has 2 aromatic rings. The van der Waals surface area contributed by atoms with E-state index < -0.39 is 17.6 Å². The maximum atomic E-state index is 12.5. The second kappa shape index (κ2) is 5.09. The number of aromatic nitrogens is 3. The number of benzene rings is 1. The standard InChI is InChI=1S/C11H9F3N4O/c12-11(13,14)8-3-1-2-7(4-8)10(19)15-5-9-16-6-17-18-9/h1-4,6H,5H2,(H,15,19)(H,16,17,18). The zero-order valence-electron chi connectivity index (χ0n) is 9.53. The average molecular weight is 270 g/mol. The number of rotatable bonds is 3. The van der Waals surface area contributed by atoms with Gasteiger partial charge in [0, 0.05) is 5.56 Å². The molecule has 0 bridgehead atoms. The summed E-state index contributed by atoms with van der Waals surface area (Å²) in [6.07, 6.45) is -3.20. The van der Waals surface area contributed by atoms with Gasteiger partial charge in [-0.25, -0.2) is 4.98 Å². The van der Waals surface area contributed by atoms with E-state index in [2.05, 4.69) is 20.5 Å². The molecule has 0 aliphatic heterocycles. The van der Waals surface area contributed by atoms with Gasteiger partial charge in [-0.1, -0.05) is 6.07 Å². The molecule has 0 aliphatic carbocycles. The maximum absolute atomic E-state index is 12.5. The van der Waals surface area contributed by atoms with Crippen molar-refractivity contribution < 1.29 is 18.0 Å². The van der Waals surface area contributed by atoms with E-state index in [1.807, 2.05) is 0 Å². The first-order valence-electron chi connectivity index (χ1n) is 5.26. The molecule has 8 heteroatoms. The van der Waals surface area contributed by atoms with E-state index >= 15 is 0 Å². The lowest BCUT2D eigenvalue weighted by Crippen LogP contribution is -2.23. The summed E-state index contributed by atoms with van der Waals surface area (Å²) in [6.45, 7) is 0.0646. The molecule has 0 aliphatic rings. The first-order valence-corrected chi connectivity index (χ1v) is 5.26. The third-order valence-corrected chi connectivity index (χ3v) is 2.33. The number of amides is 1. The first-order chi connectivity index (χ1) is 8.97. The number of carbonyl (C=O) groups excluding carboxylic acids is 1. The molecule has 19 heavy (non-hydrogen) atoms. The molecule has 0 saturated carbocycles. The number of halogens is 3. The van der Waals surface area contributed by atoms with E-state index in [1.165, 1.54) is 18.5 Å². The molecular formula is C11H9F3N4O. The number of hydrogen-bond acceptors (Lipinski definition) is 3. The summed E-state index contributed by atoms with van der Waals surface area (Å²) >= 11 is 0. The number of nitrogens with zero attached hydrogens (tertiary/aromatic N) is 2. The molecule has 0 atom stereocenters. The Bertz CT molecular complexity index is 566. The van der Waals surface area contributed by atoms with Gasteiger partial charge in [0.05, 0.1) is 12.1 Å². The van der Waals surface area contributed by atoms with E-state index in [-0.39, 0.29) is 12.1 Å². The van der Waals surface area contributed by atoms with Gasteiger partial charge >= 0.3 is 6.18 Å². The Morgan fingerprint density at radius 3 is 2.79 bits per heavy atom. The van der Waals surface area contributed by atoms with E-state index in [4.69, 9.17) is 0 Å². The fourth-order valence-electron chi connectivity index (χ4n) is 1.42. The van der Waals surface area contributed by atoms with E-state index in [9.17, 15) is 18.0 Å². The van der Waals surface area contributed by atoms with Crippen LogP contribution in [0, 0.1) is 0 Å². The van der Waals surface area contributed by atoms with Crippen LogP contribution in [0.1, 0.15) is 21.7 Å². The molecule has 0 unspecified atom stereocenters. The maximum Gasteiger partial charge on any atom is 0.416 e. The normalized spacial score (nSPS) is 11.3. The van der Waals surface area contributed by atoms with Gasteiger partial charge in [-0.05, 0) is 18.2 Å². The molecule has 100 valence electrons. The quantitative estimate of drug-likeness (QED) is 0.892. The Kier molecular flexibility index (Phi) is 3.50. The van der Waals surface area contributed by atoms with E-state index in [1.54, 1.807) is 0 Å². The van der Waals surface area contributed by atoms with Gasteiger partial charge in [0.1, 0.15) is 12.2 Å². The number of aromatic amines is 1. The lowest BCUT2D eigenvalue weighted by atomic mass is 10.1. The highest BCUT2D eigenvalue weighted by atomic mass is 19.4. The fourth-order valence-corrected chi connectivity index (χ4v) is 1.42. The highest BCUT2D eigenvalue weighted by Crippen LogP contribution is 2.29. The molecule has 0 fully saturated rings. The smallest absolute Gasteiger partial charge is 0.345 e. The SMILES string of the molecule is O=C(NCc1ncn[nH]1)c1cccc(C(F)(F)F)c1. The van der Waals surface area contributed by atoms with Crippen LogP contribution in [0.3, 0.4) is 0 Å². The zero-order chi connectivity index (χ0) is 13.9. The van der Waals surface area contributed by atoms with Gasteiger partial charge in [-0.2, -0.15) is 18.3 Å². The van der Waals surface area contributed by atoms with Crippen molar-refractivity contribution in [1.29, 1.82) is 0 Å². The van der Waals surface area contributed by atoms with Crippen LogP contribution in [0.5, 0.6) is 0 Å². The van der Waals surface area contributed by atoms with Crippen molar-refractivity contribution in [2.75, 3.05) is 0 Å². The number of alkyl halides is 3. The second-order valence-electron chi connectivity index (χ2n) is 3.69. The molecule has 0 spiro atoms. The van der Waals surface area contributed by atoms with Crippen molar-refractivity contribution in [3.05, 3.63) is 47.5 Å². The van der Waals surface area contributed by atoms with Gasteiger partial charge in [-0.15, -0.1) is 0 Å². The van der Waals surface area contributed by atoms with Gasteiger partial charge in [-0.3, -0.25) is 9.89 Å². The monoisotopic (exact) mass is 270 g/mol. The minimum Gasteiger partial charge on any atom is -0.345 e. The minimum absolute atomic E-state index is 0.0608. The van der Waals surface area contributed by atoms with Crippen LogP contribution >= 0.6 is 0 Å². The molecule has 0 radical (unpaired) electrons. The van der Waals surface area contributed by atoms with Crippen LogP contribution in [0.4, 0.5) is 13.2 Å². The molecule has 1 heterocycles. The Morgan fingerprint density at radius 2 is 2.16 bits per heavy atom. The zero-order valence-corrected chi connectivity index (χ0v) is 9.53. The van der Waals surface area contributed by atoms with Crippen molar-refractivity contribution in [2.24, 2.45) is 0 Å². The van der Waals surface area contributed by atoms with E-state index in [0.29, 0.717) is 5.82 Å². The Labute approximate surface area is 105 Å². The highest BCUT2D eigenvalue weighted by Gasteiger charge is 2.30. The summed E-state index contributed by atoms with van der Waals surface area (Å²) < 4.78 is 37.5. The third kappa shape index (κ3) is 3.30. The minimum atomic E-state index is -4.47. The Morgan fingerprint density at radius 1 is 1.37 bits per heavy atom. The number of H-pyrrole nitrogens is 1. The highest BCUT2D eigenvalue weighted by molar-refractivity contribution is 5.94. The van der Waals surface area contributed by atoms with Gasteiger partial charge in [0.25, 0.3) is 5.91 Å². The average Bonchev–Trinajstić information content (AvgIpc) is 2.88. The van der Waals surface area contributed by atoms with Crippen molar-refractivity contribution in [3.8, 4) is 0 Å². The summed E-state index contributed by atoms with van der Waals surface area (Å²) in [5.41, 5.74) is -0.922. The van der Waals surface area contributed by atoms with Gasteiger partial charge in [0.15, 0.2) is 0 Å². The molecule has 1 aromatic heterocycles. The predicted molar refractivity (Wildman–Crippen MR) is 59.0 cm³/mol. The molecule has 1 aromatic carbocycles. The van der Waals surface area contributed by atoms with Crippen LogP contribution in [-0.4, -0.2) is 21.1 Å². The summed E-state index contributed by atoms with van der Waals surface area (Å²) in [6, 6.07) is 4.21. The topological polar surface area (TPSA) is 70.7 Å². The van der Waals surface area contributed by atoms with Crippen LogP contribution < -0.4 is 5.32 Å². The number of carbonyl (C=O) groups is 1. The van der Waals surface area contributed by atoms with Gasteiger partial charge in [0.2, 0.25) is 0 Å². The summed E-state index contributed by atoms with van der Waals surface area (Å²) in [5.74, 6) is -0.192. The fraction of sp³-hybridized carbons (Fsp3) is 0.182. The number of hydrogen-bond donors (Lipinski definition) is 2. The molecule has 5 nitrogen and oxygen atoms in total. The Balaban J connectivity index is 2.07. The van der Waals surface area contributed by atoms with Crippen LogP contribution in [-0.2, 0) is 12.7 Å². The van der Waals surface area contributed by atoms with Crippen molar-refractivity contribution in [1.82, 2.24) is 20.5 Å². The molecular weight excluding hydrogens is 261 g/mol. The van der Waals surface area contributed by atoms with E-state index in [0.717, 1.165) is 12.1 Å². The van der Waals surface area contributed by atoms with Crippen LogP contribution in [0.2, 0.25) is 0 Å². The first kappa shape index (κ1) is 13.1. The number of nitrogens with one attached hydrogen (secondary N) is 2. The lowest BCUT2D eigenvalue weighted by Gasteiger charge is -2.08. The molecule has 2 rings (SSSR count). The summed E-state index contributed by atoms with van der Waals surface area (Å²) in [5, 5.41) is 8.55. The van der Waals surface area contributed by atoms with Crippen molar-refractivity contribution in [2.45, 2.75) is 12.7 Å². The third-order valence-electron chi connectivity index (χ3n) is 2.33. The molecule has 2 N–H and O–H groups in total. The molecule has 1 amide bonds. The summed E-state index contributed by atoms with van der Waals surface area (Å²) in [7, 11) is 0. The van der Waals surface area contributed by atoms with Crippen molar-refractivity contribution in [3.63, 3.8) is 0 Å². The predicted octanol–water partition coefficient (Wildman–Crippen LogP) is 1.75.